The van der Waals surface area contributed by atoms with Gasteiger partial charge in [0.2, 0.25) is 5.91 Å². The first-order valence-electron chi connectivity index (χ1n) is 9.04. The number of benzene rings is 1. The van der Waals surface area contributed by atoms with Crippen LogP contribution in [0.25, 0.3) is 0 Å². The normalized spacial score (nSPS) is 20.1. The molecule has 2 aliphatic rings. The molecule has 3 rings (SSSR count). The second-order valence-electron chi connectivity index (χ2n) is 6.71. The van der Waals surface area contributed by atoms with Crippen LogP contribution < -0.4 is 15.5 Å². The zero-order valence-corrected chi connectivity index (χ0v) is 14.8. The Hall–Kier alpha value is -1.92. The number of piperazine rings is 1. The average molecular weight is 346 g/mol. The maximum Gasteiger partial charge on any atom is 0.237 e. The number of hydrogen-bond donors (Lipinski definition) is 2. The first-order valence-corrected chi connectivity index (χ1v) is 9.04. The Bertz CT molecular complexity index is 608. The monoisotopic (exact) mass is 346 g/mol. The van der Waals surface area contributed by atoms with E-state index in [2.05, 4.69) is 26.5 Å². The van der Waals surface area contributed by atoms with Crippen molar-refractivity contribution in [3.63, 3.8) is 0 Å². The molecule has 1 unspecified atom stereocenters. The molecule has 1 aromatic carbocycles. The number of nitrogens with one attached hydrogen (secondary N) is 2. The third-order valence-electron chi connectivity index (χ3n) is 5.08. The van der Waals surface area contributed by atoms with E-state index in [1.54, 1.807) is 0 Å². The standard InChI is InChI=1S/C19H27FN4O/c1-15(19(25)22-14-16-6-8-21-9-7-16)23-10-12-24(13-11-23)18-4-2-17(20)3-5-18/h2-6,15,21H,7-14H2,1H3,(H,22,25). The highest BCUT2D eigenvalue weighted by Crippen LogP contribution is 2.17. The van der Waals surface area contributed by atoms with Crippen LogP contribution >= 0.6 is 0 Å². The van der Waals surface area contributed by atoms with Crippen LogP contribution in [0.1, 0.15) is 13.3 Å². The number of nitrogens with zero attached hydrogens (tertiary/aromatic N) is 2. The number of carbonyl (C=O) groups excluding carboxylic acids is 1. The largest absolute Gasteiger partial charge is 0.369 e. The third-order valence-corrected chi connectivity index (χ3v) is 5.08. The van der Waals surface area contributed by atoms with Crippen molar-refractivity contribution in [1.29, 1.82) is 0 Å². The van der Waals surface area contributed by atoms with E-state index in [1.807, 2.05) is 19.1 Å². The fourth-order valence-corrected chi connectivity index (χ4v) is 3.36. The summed E-state index contributed by atoms with van der Waals surface area (Å²) < 4.78 is 13.0. The number of anilines is 1. The van der Waals surface area contributed by atoms with Crippen LogP contribution in [0.4, 0.5) is 10.1 Å². The molecule has 5 nitrogen and oxygen atoms in total. The van der Waals surface area contributed by atoms with Gasteiger partial charge in [-0.25, -0.2) is 4.39 Å². The summed E-state index contributed by atoms with van der Waals surface area (Å²) in [6.07, 6.45) is 3.17. The number of halogens is 1. The summed E-state index contributed by atoms with van der Waals surface area (Å²) in [6, 6.07) is 6.49. The molecule has 0 spiro atoms. The van der Waals surface area contributed by atoms with E-state index in [4.69, 9.17) is 0 Å². The number of rotatable bonds is 5. The Balaban J connectivity index is 1.45. The quantitative estimate of drug-likeness (QED) is 0.791. The summed E-state index contributed by atoms with van der Waals surface area (Å²) in [4.78, 5) is 16.9. The number of amides is 1. The van der Waals surface area contributed by atoms with Crippen molar-refractivity contribution in [3.8, 4) is 0 Å². The van der Waals surface area contributed by atoms with Crippen LogP contribution in [0.15, 0.2) is 35.9 Å². The molecule has 136 valence electrons. The topological polar surface area (TPSA) is 47.6 Å². The zero-order valence-electron chi connectivity index (χ0n) is 14.8. The minimum absolute atomic E-state index is 0.0923. The van der Waals surface area contributed by atoms with Gasteiger partial charge in [0.1, 0.15) is 5.82 Å². The summed E-state index contributed by atoms with van der Waals surface area (Å²) in [5.74, 6) is -0.119. The van der Waals surface area contributed by atoms with Crippen LogP contribution in [0.5, 0.6) is 0 Å². The highest BCUT2D eigenvalue weighted by atomic mass is 19.1. The second kappa shape index (κ2) is 8.45. The van der Waals surface area contributed by atoms with Crippen molar-refractivity contribution in [1.82, 2.24) is 15.5 Å². The maximum atomic E-state index is 13.0. The van der Waals surface area contributed by atoms with Gasteiger partial charge in [-0.2, -0.15) is 0 Å². The average Bonchev–Trinajstić information content (AvgIpc) is 2.67. The Labute approximate surface area is 148 Å². The molecular weight excluding hydrogens is 319 g/mol. The van der Waals surface area contributed by atoms with Crippen molar-refractivity contribution in [2.24, 2.45) is 0 Å². The van der Waals surface area contributed by atoms with Crippen molar-refractivity contribution in [2.45, 2.75) is 19.4 Å². The summed E-state index contributed by atoms with van der Waals surface area (Å²) in [5, 5.41) is 6.34. The SMILES string of the molecule is CC(C(=O)NCC1=CCNCC1)N1CCN(c2ccc(F)cc2)CC1. The van der Waals surface area contributed by atoms with Gasteiger partial charge in [0.15, 0.2) is 0 Å². The van der Waals surface area contributed by atoms with Gasteiger partial charge in [0, 0.05) is 45.0 Å². The first-order chi connectivity index (χ1) is 12.1. The van der Waals surface area contributed by atoms with Crippen molar-refractivity contribution in [2.75, 3.05) is 50.7 Å². The van der Waals surface area contributed by atoms with Gasteiger partial charge in [-0.05, 0) is 44.2 Å². The molecule has 0 bridgehead atoms. The predicted molar refractivity (Wildman–Crippen MR) is 98.2 cm³/mol. The fourth-order valence-electron chi connectivity index (χ4n) is 3.36. The van der Waals surface area contributed by atoms with Gasteiger partial charge in [0.05, 0.1) is 6.04 Å². The highest BCUT2D eigenvalue weighted by molar-refractivity contribution is 5.81. The second-order valence-corrected chi connectivity index (χ2v) is 6.71. The van der Waals surface area contributed by atoms with E-state index in [-0.39, 0.29) is 17.8 Å². The molecule has 6 heteroatoms. The molecule has 0 saturated carbocycles. The minimum atomic E-state index is -0.212. The highest BCUT2D eigenvalue weighted by Gasteiger charge is 2.25. The Morgan fingerprint density at radius 1 is 1.24 bits per heavy atom. The summed E-state index contributed by atoms with van der Waals surface area (Å²) in [7, 11) is 0. The minimum Gasteiger partial charge on any atom is -0.369 e. The summed E-state index contributed by atoms with van der Waals surface area (Å²) in [5.41, 5.74) is 2.34. The zero-order chi connectivity index (χ0) is 17.6. The Morgan fingerprint density at radius 2 is 1.96 bits per heavy atom. The first kappa shape index (κ1) is 17.9. The smallest absolute Gasteiger partial charge is 0.237 e. The van der Waals surface area contributed by atoms with Crippen LogP contribution in [-0.4, -0.2) is 62.7 Å². The number of hydrogen-bond acceptors (Lipinski definition) is 4. The van der Waals surface area contributed by atoms with E-state index in [0.717, 1.165) is 51.4 Å². The number of carbonyl (C=O) groups is 1. The van der Waals surface area contributed by atoms with Gasteiger partial charge >= 0.3 is 0 Å². The van der Waals surface area contributed by atoms with E-state index in [9.17, 15) is 9.18 Å². The third kappa shape index (κ3) is 4.80. The van der Waals surface area contributed by atoms with E-state index in [1.165, 1.54) is 17.7 Å². The van der Waals surface area contributed by atoms with E-state index in [0.29, 0.717) is 6.54 Å². The van der Waals surface area contributed by atoms with Crippen LogP contribution in [0, 0.1) is 5.82 Å². The molecule has 2 N–H and O–H groups in total. The summed E-state index contributed by atoms with van der Waals surface area (Å²) in [6.45, 7) is 7.87. The van der Waals surface area contributed by atoms with Gasteiger partial charge in [-0.1, -0.05) is 11.6 Å². The maximum absolute atomic E-state index is 13.0. The molecule has 2 aliphatic heterocycles. The van der Waals surface area contributed by atoms with Crippen molar-refractivity contribution >= 4 is 11.6 Å². The van der Waals surface area contributed by atoms with Crippen LogP contribution in [0.2, 0.25) is 0 Å². The lowest BCUT2D eigenvalue weighted by Crippen LogP contribution is -2.54. The molecule has 1 saturated heterocycles. The summed E-state index contributed by atoms with van der Waals surface area (Å²) >= 11 is 0. The molecule has 1 atom stereocenters. The van der Waals surface area contributed by atoms with E-state index < -0.39 is 0 Å². The van der Waals surface area contributed by atoms with Crippen molar-refractivity contribution < 1.29 is 9.18 Å². The predicted octanol–water partition coefficient (Wildman–Crippen LogP) is 1.37. The molecule has 0 aromatic heterocycles. The van der Waals surface area contributed by atoms with Gasteiger partial charge in [-0.15, -0.1) is 0 Å². The van der Waals surface area contributed by atoms with Crippen LogP contribution in [-0.2, 0) is 4.79 Å². The fraction of sp³-hybridized carbons (Fsp3) is 0.526. The Kier molecular flexibility index (Phi) is 6.04. The lowest BCUT2D eigenvalue weighted by Gasteiger charge is -2.38. The van der Waals surface area contributed by atoms with Crippen LogP contribution in [0.3, 0.4) is 0 Å². The molecule has 1 fully saturated rings. The molecule has 0 radical (unpaired) electrons. The van der Waals surface area contributed by atoms with Gasteiger partial charge < -0.3 is 15.5 Å². The molecule has 1 aromatic rings. The molecule has 2 heterocycles. The lowest BCUT2D eigenvalue weighted by atomic mass is 10.1. The van der Waals surface area contributed by atoms with Crippen molar-refractivity contribution in [3.05, 3.63) is 41.7 Å². The Morgan fingerprint density at radius 3 is 2.60 bits per heavy atom. The molecular formula is C19H27FN4O. The molecule has 1 amide bonds. The molecule has 25 heavy (non-hydrogen) atoms. The van der Waals surface area contributed by atoms with Gasteiger partial charge in [0.25, 0.3) is 0 Å². The van der Waals surface area contributed by atoms with E-state index >= 15 is 0 Å². The van der Waals surface area contributed by atoms with Gasteiger partial charge in [-0.3, -0.25) is 9.69 Å². The molecule has 0 aliphatic carbocycles. The lowest BCUT2D eigenvalue weighted by molar-refractivity contribution is -0.125.